The topological polar surface area (TPSA) is 82.6 Å². The zero-order valence-corrected chi connectivity index (χ0v) is 17.5. The van der Waals surface area contributed by atoms with Crippen molar-refractivity contribution in [3.05, 3.63) is 54.3 Å². The van der Waals surface area contributed by atoms with E-state index in [1.54, 1.807) is 50.6 Å². The number of thioether (sulfide) groups is 1. The Morgan fingerprint density at radius 1 is 1.00 bits per heavy atom. The summed E-state index contributed by atoms with van der Waals surface area (Å²) < 4.78 is 29.6. The molecule has 1 heterocycles. The van der Waals surface area contributed by atoms with Crippen LogP contribution in [0.1, 0.15) is 0 Å². The molecule has 9 heteroatoms. The van der Waals surface area contributed by atoms with Crippen molar-refractivity contribution in [3.63, 3.8) is 0 Å². The molecule has 3 aromatic rings. The average Bonchev–Trinajstić information content (AvgIpc) is 2.78. The molecule has 0 saturated heterocycles. The van der Waals surface area contributed by atoms with Gasteiger partial charge in [-0.15, -0.1) is 10.2 Å². The number of carbonyl (C=O) groups excluding carboxylic acids is 1. The van der Waals surface area contributed by atoms with Crippen LogP contribution in [0.2, 0.25) is 0 Å². The first kappa shape index (κ1) is 21.4. The summed E-state index contributed by atoms with van der Waals surface area (Å²) in [5.74, 6) is 0.775. The molecule has 0 fully saturated rings. The van der Waals surface area contributed by atoms with E-state index in [9.17, 15) is 9.18 Å². The normalized spacial score (nSPS) is 10.4. The van der Waals surface area contributed by atoms with Crippen molar-refractivity contribution in [2.45, 2.75) is 5.03 Å². The van der Waals surface area contributed by atoms with Crippen LogP contribution in [0.3, 0.4) is 0 Å². The summed E-state index contributed by atoms with van der Waals surface area (Å²) in [7, 11) is 4.62. The number of methoxy groups -OCH3 is 3. The first-order chi connectivity index (χ1) is 14.5. The van der Waals surface area contributed by atoms with Crippen molar-refractivity contribution < 1.29 is 23.4 Å². The largest absolute Gasteiger partial charge is 0.493 e. The molecule has 0 unspecified atom stereocenters. The number of aromatic nitrogens is 2. The lowest BCUT2D eigenvalue weighted by Crippen LogP contribution is -2.15. The van der Waals surface area contributed by atoms with Gasteiger partial charge in [0.1, 0.15) is 10.8 Å². The Labute approximate surface area is 177 Å². The minimum absolute atomic E-state index is 0.0759. The molecule has 0 aliphatic carbocycles. The third-order valence-electron chi connectivity index (χ3n) is 4.10. The van der Waals surface area contributed by atoms with Crippen LogP contribution in [-0.2, 0) is 4.79 Å². The lowest BCUT2D eigenvalue weighted by molar-refractivity contribution is -0.113. The predicted molar refractivity (Wildman–Crippen MR) is 113 cm³/mol. The Bertz CT molecular complexity index is 1010. The Morgan fingerprint density at radius 3 is 2.27 bits per heavy atom. The summed E-state index contributed by atoms with van der Waals surface area (Å²) >= 11 is 1.20. The maximum absolute atomic E-state index is 13.6. The van der Waals surface area contributed by atoms with Crippen LogP contribution in [0.4, 0.5) is 10.1 Å². The van der Waals surface area contributed by atoms with Gasteiger partial charge in [-0.25, -0.2) is 4.39 Å². The number of hydrogen-bond donors (Lipinski definition) is 1. The SMILES string of the molecule is COc1cc(-c2ccc(SCC(=O)Nc3ccccc3F)nn2)cc(OC)c1OC. The second-order valence-electron chi connectivity index (χ2n) is 5.99. The van der Waals surface area contributed by atoms with E-state index < -0.39 is 5.82 Å². The highest BCUT2D eigenvalue weighted by Crippen LogP contribution is 2.40. The highest BCUT2D eigenvalue weighted by molar-refractivity contribution is 7.99. The van der Waals surface area contributed by atoms with Gasteiger partial charge in [-0.1, -0.05) is 23.9 Å². The van der Waals surface area contributed by atoms with Gasteiger partial charge in [-0.3, -0.25) is 4.79 Å². The Hall–Kier alpha value is -3.33. The zero-order valence-electron chi connectivity index (χ0n) is 16.6. The molecule has 1 N–H and O–H groups in total. The minimum atomic E-state index is -0.481. The van der Waals surface area contributed by atoms with Gasteiger partial charge in [0.25, 0.3) is 0 Å². The van der Waals surface area contributed by atoms with Crippen LogP contribution < -0.4 is 19.5 Å². The third-order valence-corrected chi connectivity index (χ3v) is 5.02. The molecule has 156 valence electrons. The number of rotatable bonds is 8. The highest BCUT2D eigenvalue weighted by Gasteiger charge is 2.15. The Balaban J connectivity index is 1.68. The summed E-state index contributed by atoms with van der Waals surface area (Å²) in [6.45, 7) is 0. The van der Waals surface area contributed by atoms with Crippen molar-refractivity contribution in [3.8, 4) is 28.5 Å². The van der Waals surface area contributed by atoms with Crippen molar-refractivity contribution in [2.75, 3.05) is 32.4 Å². The number of benzene rings is 2. The molecule has 3 rings (SSSR count). The summed E-state index contributed by atoms with van der Waals surface area (Å²) in [5.41, 5.74) is 1.49. The van der Waals surface area contributed by atoms with Gasteiger partial charge in [-0.2, -0.15) is 0 Å². The predicted octanol–water partition coefficient (Wildman–Crippen LogP) is 4.04. The number of amides is 1. The molecule has 0 saturated carbocycles. The Morgan fingerprint density at radius 2 is 1.70 bits per heavy atom. The van der Waals surface area contributed by atoms with E-state index in [1.807, 2.05) is 0 Å². The molecule has 0 bridgehead atoms. The summed E-state index contributed by atoms with van der Waals surface area (Å²) in [6.07, 6.45) is 0. The highest BCUT2D eigenvalue weighted by atomic mass is 32.2. The van der Waals surface area contributed by atoms with Crippen molar-refractivity contribution in [1.82, 2.24) is 10.2 Å². The molecule has 0 aliphatic rings. The number of anilines is 1. The fraction of sp³-hybridized carbons (Fsp3) is 0.190. The molecular formula is C21H20FN3O4S. The molecule has 0 spiro atoms. The van der Waals surface area contributed by atoms with Gasteiger partial charge >= 0.3 is 0 Å². The van der Waals surface area contributed by atoms with Crippen LogP contribution in [-0.4, -0.2) is 43.2 Å². The van der Waals surface area contributed by atoms with E-state index >= 15 is 0 Å². The van der Waals surface area contributed by atoms with Gasteiger partial charge in [0.15, 0.2) is 11.5 Å². The maximum Gasteiger partial charge on any atom is 0.234 e. The first-order valence-corrected chi connectivity index (χ1v) is 9.85. The second kappa shape index (κ2) is 9.93. The molecule has 1 aromatic heterocycles. The van der Waals surface area contributed by atoms with E-state index in [0.717, 1.165) is 5.56 Å². The zero-order chi connectivity index (χ0) is 21.5. The van der Waals surface area contributed by atoms with Crippen LogP contribution in [0.5, 0.6) is 17.2 Å². The summed E-state index contributed by atoms with van der Waals surface area (Å²) in [5, 5.41) is 11.5. The molecule has 2 aromatic carbocycles. The van der Waals surface area contributed by atoms with Crippen molar-refractivity contribution >= 4 is 23.4 Å². The minimum Gasteiger partial charge on any atom is -0.493 e. The molecule has 0 aliphatic heterocycles. The number of ether oxygens (including phenoxy) is 3. The molecular weight excluding hydrogens is 409 g/mol. The van der Waals surface area contributed by atoms with Crippen LogP contribution in [0.15, 0.2) is 53.6 Å². The van der Waals surface area contributed by atoms with Crippen LogP contribution in [0.25, 0.3) is 11.3 Å². The number of nitrogens with one attached hydrogen (secondary N) is 1. The number of carbonyl (C=O) groups is 1. The van der Waals surface area contributed by atoms with Crippen molar-refractivity contribution in [1.29, 1.82) is 0 Å². The quantitative estimate of drug-likeness (QED) is 0.541. The van der Waals surface area contributed by atoms with E-state index in [1.165, 1.54) is 31.0 Å². The van der Waals surface area contributed by atoms with E-state index in [-0.39, 0.29) is 17.3 Å². The smallest absolute Gasteiger partial charge is 0.234 e. The lowest BCUT2D eigenvalue weighted by Gasteiger charge is -2.13. The molecule has 30 heavy (non-hydrogen) atoms. The van der Waals surface area contributed by atoms with Crippen LogP contribution in [0, 0.1) is 5.82 Å². The maximum atomic E-state index is 13.6. The van der Waals surface area contributed by atoms with E-state index in [2.05, 4.69) is 15.5 Å². The second-order valence-corrected chi connectivity index (χ2v) is 6.98. The van der Waals surface area contributed by atoms with Gasteiger partial charge in [0.05, 0.1) is 38.5 Å². The average molecular weight is 429 g/mol. The van der Waals surface area contributed by atoms with E-state index in [4.69, 9.17) is 14.2 Å². The number of halogens is 1. The lowest BCUT2D eigenvalue weighted by atomic mass is 10.1. The first-order valence-electron chi connectivity index (χ1n) is 8.87. The fourth-order valence-electron chi connectivity index (χ4n) is 2.67. The van der Waals surface area contributed by atoms with Crippen molar-refractivity contribution in [2.24, 2.45) is 0 Å². The Kier molecular flexibility index (Phi) is 7.08. The van der Waals surface area contributed by atoms with Gasteiger partial charge < -0.3 is 19.5 Å². The standard InChI is InChI=1S/C21H20FN3O4S/c1-27-17-10-13(11-18(28-2)21(17)29-3)15-8-9-20(25-24-15)30-12-19(26)23-16-7-5-4-6-14(16)22/h4-11H,12H2,1-3H3,(H,23,26). The molecule has 0 atom stereocenters. The third kappa shape index (κ3) is 4.98. The van der Waals surface area contributed by atoms with Gasteiger partial charge in [0.2, 0.25) is 11.7 Å². The number of nitrogens with zero attached hydrogens (tertiary/aromatic N) is 2. The fourth-order valence-corrected chi connectivity index (χ4v) is 3.28. The molecule has 1 amide bonds. The monoisotopic (exact) mass is 429 g/mol. The van der Waals surface area contributed by atoms with Crippen LogP contribution >= 0.6 is 11.8 Å². The summed E-state index contributed by atoms with van der Waals surface area (Å²) in [4.78, 5) is 12.0. The van der Waals surface area contributed by atoms with Gasteiger partial charge in [0, 0.05) is 5.56 Å². The van der Waals surface area contributed by atoms with E-state index in [0.29, 0.717) is 28.0 Å². The molecule has 0 radical (unpaired) electrons. The number of para-hydroxylation sites is 1. The molecule has 7 nitrogen and oxygen atoms in total. The van der Waals surface area contributed by atoms with Gasteiger partial charge in [-0.05, 0) is 36.4 Å². The number of hydrogen-bond acceptors (Lipinski definition) is 7. The summed E-state index contributed by atoms with van der Waals surface area (Å²) in [6, 6.07) is 13.1.